The van der Waals surface area contributed by atoms with Gasteiger partial charge in [0.05, 0.1) is 17.1 Å². The Morgan fingerprint density at radius 2 is 1.54 bits per heavy atom. The zero-order valence-electron chi connectivity index (χ0n) is 14.5. The Hall–Kier alpha value is -2.86. The number of allylic oxidation sites excluding steroid dienone is 2. The quantitative estimate of drug-likeness (QED) is 0.831. The largest absolute Gasteiger partial charge is 0.478 e. The number of hydrogen-bond acceptors (Lipinski definition) is 4. The second-order valence-corrected chi connectivity index (χ2v) is 7.11. The third kappa shape index (κ3) is 3.15. The van der Waals surface area contributed by atoms with Crippen molar-refractivity contribution in [1.29, 1.82) is 0 Å². The summed E-state index contributed by atoms with van der Waals surface area (Å²) in [5, 5.41) is 21.5. The fourth-order valence-electron chi connectivity index (χ4n) is 3.40. The molecule has 2 N–H and O–H groups in total. The van der Waals surface area contributed by atoms with Gasteiger partial charge in [0.25, 0.3) is 0 Å². The molecule has 6 heteroatoms. The first-order chi connectivity index (χ1) is 12.4. The van der Waals surface area contributed by atoms with Crippen molar-refractivity contribution in [1.82, 2.24) is 4.90 Å². The van der Waals surface area contributed by atoms with Crippen LogP contribution in [-0.4, -0.2) is 27.1 Å². The van der Waals surface area contributed by atoms with Gasteiger partial charge < -0.3 is 15.1 Å². The van der Waals surface area contributed by atoms with E-state index < -0.39 is 17.9 Å². The average molecular weight is 369 g/mol. The summed E-state index contributed by atoms with van der Waals surface area (Å²) in [6.45, 7) is 3.91. The molecule has 2 aromatic rings. The molecule has 1 aromatic carbocycles. The molecule has 5 nitrogen and oxygen atoms in total. The maximum atomic E-state index is 12.0. The molecule has 0 radical (unpaired) electrons. The maximum absolute atomic E-state index is 12.0. The van der Waals surface area contributed by atoms with Crippen LogP contribution in [0.4, 0.5) is 0 Å². The number of aliphatic carboxylic acids is 2. The van der Waals surface area contributed by atoms with E-state index in [1.54, 1.807) is 30.9 Å². The molecule has 0 saturated carbocycles. The Kier molecular flexibility index (Phi) is 4.95. The zero-order chi connectivity index (χ0) is 18.8. The second kappa shape index (κ2) is 7.17. The summed E-state index contributed by atoms with van der Waals surface area (Å²) in [6, 6.07) is 13.2. The van der Waals surface area contributed by atoms with E-state index in [1.807, 2.05) is 35.7 Å². The van der Waals surface area contributed by atoms with Crippen LogP contribution >= 0.6 is 11.3 Å². The van der Waals surface area contributed by atoms with Gasteiger partial charge in [0, 0.05) is 22.8 Å². The summed E-state index contributed by atoms with van der Waals surface area (Å²) < 4.78 is 0. The number of carboxylic acid groups (broad SMARTS) is 2. The number of rotatable bonds is 5. The summed E-state index contributed by atoms with van der Waals surface area (Å²) in [5.74, 6) is -2.95. The topological polar surface area (TPSA) is 77.8 Å². The molecule has 0 atom stereocenters. The molecule has 1 aliphatic rings. The van der Waals surface area contributed by atoms with Crippen LogP contribution in [0, 0.1) is 0 Å². The summed E-state index contributed by atoms with van der Waals surface area (Å²) in [6.07, 6.45) is 0. The molecule has 134 valence electrons. The molecule has 1 aromatic heterocycles. The predicted molar refractivity (Wildman–Crippen MR) is 99.7 cm³/mol. The highest BCUT2D eigenvalue weighted by Crippen LogP contribution is 2.43. The summed E-state index contributed by atoms with van der Waals surface area (Å²) in [4.78, 5) is 26.6. The van der Waals surface area contributed by atoms with Crippen LogP contribution in [0.1, 0.15) is 30.2 Å². The van der Waals surface area contributed by atoms with Gasteiger partial charge in [0.2, 0.25) is 0 Å². The molecule has 0 amide bonds. The summed E-state index contributed by atoms with van der Waals surface area (Å²) in [7, 11) is 0. The van der Waals surface area contributed by atoms with Gasteiger partial charge in [-0.05, 0) is 30.9 Å². The molecular weight excluding hydrogens is 350 g/mol. The van der Waals surface area contributed by atoms with Crippen LogP contribution < -0.4 is 0 Å². The minimum Gasteiger partial charge on any atom is -0.478 e. The van der Waals surface area contributed by atoms with Crippen molar-refractivity contribution < 1.29 is 19.8 Å². The normalized spacial score (nSPS) is 15.5. The van der Waals surface area contributed by atoms with Gasteiger partial charge in [-0.3, -0.25) is 0 Å². The molecule has 0 aliphatic carbocycles. The first-order valence-corrected chi connectivity index (χ1v) is 9.02. The van der Waals surface area contributed by atoms with E-state index in [0.717, 1.165) is 10.4 Å². The Morgan fingerprint density at radius 3 is 2.00 bits per heavy atom. The van der Waals surface area contributed by atoms with Crippen LogP contribution in [0.5, 0.6) is 0 Å². The highest BCUT2D eigenvalue weighted by molar-refractivity contribution is 7.10. The second-order valence-electron chi connectivity index (χ2n) is 6.13. The number of nitrogens with zero attached hydrogens (tertiary/aromatic N) is 1. The van der Waals surface area contributed by atoms with Crippen LogP contribution in [0.2, 0.25) is 0 Å². The van der Waals surface area contributed by atoms with E-state index >= 15 is 0 Å². The minimum atomic E-state index is -1.09. The van der Waals surface area contributed by atoms with E-state index in [-0.39, 0.29) is 11.1 Å². The highest BCUT2D eigenvalue weighted by Gasteiger charge is 2.39. The summed E-state index contributed by atoms with van der Waals surface area (Å²) >= 11 is 1.37. The van der Waals surface area contributed by atoms with Crippen LogP contribution in [0.15, 0.2) is 70.4 Å². The van der Waals surface area contributed by atoms with Gasteiger partial charge >= 0.3 is 11.9 Å². The van der Waals surface area contributed by atoms with Crippen molar-refractivity contribution in [3.63, 3.8) is 0 Å². The number of hydrogen-bond donors (Lipinski definition) is 2. The van der Waals surface area contributed by atoms with Crippen LogP contribution in [0.25, 0.3) is 0 Å². The lowest BCUT2D eigenvalue weighted by Crippen LogP contribution is -2.33. The Balaban J connectivity index is 2.17. The first kappa shape index (κ1) is 17.9. The zero-order valence-corrected chi connectivity index (χ0v) is 15.3. The number of carboxylic acids is 2. The molecular formula is C20H19NO4S. The van der Waals surface area contributed by atoms with Crippen LogP contribution in [0.3, 0.4) is 0 Å². The van der Waals surface area contributed by atoms with Gasteiger partial charge in [-0.1, -0.05) is 36.4 Å². The van der Waals surface area contributed by atoms with Crippen molar-refractivity contribution >= 4 is 23.3 Å². The third-order valence-corrected chi connectivity index (χ3v) is 5.58. The molecule has 0 bridgehead atoms. The van der Waals surface area contributed by atoms with E-state index in [9.17, 15) is 19.8 Å². The molecule has 1 aliphatic heterocycles. The lowest BCUT2D eigenvalue weighted by molar-refractivity contribution is -0.133. The molecule has 0 unspecified atom stereocenters. The first-order valence-electron chi connectivity index (χ1n) is 8.14. The lowest BCUT2D eigenvalue weighted by Gasteiger charge is -2.36. The monoisotopic (exact) mass is 369 g/mol. The van der Waals surface area contributed by atoms with Crippen molar-refractivity contribution in [3.05, 3.63) is 80.8 Å². The van der Waals surface area contributed by atoms with Gasteiger partial charge in [-0.2, -0.15) is 0 Å². The van der Waals surface area contributed by atoms with Gasteiger partial charge in [0.15, 0.2) is 0 Å². The average Bonchev–Trinajstić information content (AvgIpc) is 3.12. The van der Waals surface area contributed by atoms with E-state index in [2.05, 4.69) is 0 Å². The molecule has 0 saturated heterocycles. The SMILES string of the molecule is CC1=C(C(=O)O)C(c2cccs2)C(C(=O)O)=C(C)N1Cc1ccccc1. The lowest BCUT2D eigenvalue weighted by atomic mass is 9.83. The van der Waals surface area contributed by atoms with Crippen LogP contribution in [-0.2, 0) is 16.1 Å². The Labute approximate surface area is 155 Å². The smallest absolute Gasteiger partial charge is 0.334 e. The Morgan fingerprint density at radius 1 is 0.962 bits per heavy atom. The van der Waals surface area contributed by atoms with E-state index in [4.69, 9.17) is 0 Å². The van der Waals surface area contributed by atoms with Crippen molar-refractivity contribution in [2.75, 3.05) is 0 Å². The van der Waals surface area contributed by atoms with E-state index in [1.165, 1.54) is 11.3 Å². The standard InChI is InChI=1S/C20H19NO4S/c1-12-16(19(22)23)18(15-9-6-10-26-15)17(20(24)25)13(2)21(12)11-14-7-4-3-5-8-14/h3-10,18H,11H2,1-2H3,(H,22,23)(H,24,25). The third-order valence-electron chi connectivity index (χ3n) is 4.64. The minimum absolute atomic E-state index is 0.117. The van der Waals surface area contributed by atoms with Crippen molar-refractivity contribution in [2.45, 2.75) is 26.3 Å². The van der Waals surface area contributed by atoms with Gasteiger partial charge in [-0.15, -0.1) is 11.3 Å². The molecule has 3 rings (SSSR count). The van der Waals surface area contributed by atoms with Crippen molar-refractivity contribution in [2.24, 2.45) is 0 Å². The molecule has 26 heavy (non-hydrogen) atoms. The van der Waals surface area contributed by atoms with Crippen molar-refractivity contribution in [3.8, 4) is 0 Å². The fraction of sp³-hybridized carbons (Fsp3) is 0.200. The molecule has 2 heterocycles. The number of carbonyl (C=O) groups is 2. The number of thiophene rings is 1. The molecule has 0 fully saturated rings. The van der Waals surface area contributed by atoms with E-state index in [0.29, 0.717) is 17.9 Å². The van der Waals surface area contributed by atoms with Gasteiger partial charge in [0.1, 0.15) is 0 Å². The van der Waals surface area contributed by atoms with Gasteiger partial charge in [-0.25, -0.2) is 9.59 Å². The highest BCUT2D eigenvalue weighted by atomic mass is 32.1. The number of benzene rings is 1. The Bertz CT molecular complexity index is 859. The fourth-order valence-corrected chi connectivity index (χ4v) is 4.25. The predicted octanol–water partition coefficient (Wildman–Crippen LogP) is 4.06. The molecule has 0 spiro atoms. The summed E-state index contributed by atoms with van der Waals surface area (Å²) in [5.41, 5.74) is 2.36. The maximum Gasteiger partial charge on any atom is 0.334 e.